The van der Waals surface area contributed by atoms with Gasteiger partial charge in [-0.2, -0.15) is 0 Å². The highest BCUT2D eigenvalue weighted by atomic mass is 16.5. The van der Waals surface area contributed by atoms with Crippen LogP contribution in [0.5, 0.6) is 11.5 Å². The molecule has 0 aliphatic carbocycles. The van der Waals surface area contributed by atoms with Crippen LogP contribution in [0.1, 0.15) is 18.2 Å². The molecule has 0 bridgehead atoms. The van der Waals surface area contributed by atoms with Crippen molar-refractivity contribution in [1.82, 2.24) is 10.3 Å². The fourth-order valence-electron chi connectivity index (χ4n) is 2.29. The van der Waals surface area contributed by atoms with Crippen LogP contribution < -0.4 is 14.8 Å². The molecule has 0 radical (unpaired) electrons. The van der Waals surface area contributed by atoms with Crippen LogP contribution >= 0.6 is 0 Å². The van der Waals surface area contributed by atoms with E-state index in [9.17, 15) is 0 Å². The average molecular weight is 286 g/mol. The third-order valence-electron chi connectivity index (χ3n) is 3.37. The van der Waals surface area contributed by atoms with Crippen molar-refractivity contribution in [2.75, 3.05) is 14.2 Å². The molecular formula is C17H22N2O2. The highest BCUT2D eigenvalue weighted by molar-refractivity contribution is 5.42. The van der Waals surface area contributed by atoms with E-state index in [2.05, 4.69) is 41.5 Å². The second kappa shape index (κ2) is 7.64. The lowest BCUT2D eigenvalue weighted by Crippen LogP contribution is -2.28. The molecule has 1 atom stereocenters. The summed E-state index contributed by atoms with van der Waals surface area (Å²) in [7, 11) is 3.27. The van der Waals surface area contributed by atoms with E-state index >= 15 is 0 Å². The average Bonchev–Trinajstić information content (AvgIpc) is 2.53. The minimum absolute atomic E-state index is 0.352. The van der Waals surface area contributed by atoms with Crippen molar-refractivity contribution < 1.29 is 9.47 Å². The maximum absolute atomic E-state index is 5.39. The molecule has 1 aromatic heterocycles. The molecular weight excluding hydrogens is 264 g/mol. The number of pyridine rings is 1. The molecule has 4 nitrogen and oxygen atoms in total. The Hall–Kier alpha value is -2.07. The molecule has 0 saturated carbocycles. The molecule has 0 aliphatic rings. The minimum atomic E-state index is 0.352. The first-order chi connectivity index (χ1) is 10.2. The third kappa shape index (κ3) is 4.20. The predicted molar refractivity (Wildman–Crippen MR) is 83.8 cm³/mol. The molecule has 0 aliphatic heterocycles. The number of benzene rings is 1. The Balaban J connectivity index is 1.96. The van der Waals surface area contributed by atoms with Gasteiger partial charge in [-0.05, 0) is 18.9 Å². The van der Waals surface area contributed by atoms with Crippen LogP contribution in [-0.2, 0) is 13.0 Å². The summed E-state index contributed by atoms with van der Waals surface area (Å²) in [6, 6.07) is 12.6. The lowest BCUT2D eigenvalue weighted by Gasteiger charge is -2.16. The van der Waals surface area contributed by atoms with Gasteiger partial charge in [0.05, 0.1) is 19.9 Å². The van der Waals surface area contributed by atoms with Crippen LogP contribution in [0.4, 0.5) is 0 Å². The zero-order valence-electron chi connectivity index (χ0n) is 12.8. The first-order valence-electron chi connectivity index (χ1n) is 7.07. The van der Waals surface area contributed by atoms with E-state index in [0.717, 1.165) is 12.1 Å². The molecule has 1 aromatic carbocycles. The van der Waals surface area contributed by atoms with Gasteiger partial charge < -0.3 is 14.8 Å². The van der Waals surface area contributed by atoms with E-state index in [1.165, 1.54) is 5.56 Å². The van der Waals surface area contributed by atoms with Gasteiger partial charge in [0, 0.05) is 24.8 Å². The van der Waals surface area contributed by atoms with E-state index in [0.29, 0.717) is 24.1 Å². The smallest absolute Gasteiger partial charge is 0.183 e. The molecule has 112 valence electrons. The number of hydrogen-bond acceptors (Lipinski definition) is 4. The zero-order valence-corrected chi connectivity index (χ0v) is 12.8. The second-order valence-corrected chi connectivity index (χ2v) is 4.96. The molecule has 0 fully saturated rings. The van der Waals surface area contributed by atoms with Gasteiger partial charge in [-0.25, -0.2) is 0 Å². The lowest BCUT2D eigenvalue weighted by molar-refractivity contribution is 0.347. The molecule has 21 heavy (non-hydrogen) atoms. The van der Waals surface area contributed by atoms with Crippen LogP contribution in [0, 0.1) is 0 Å². The number of rotatable bonds is 7. The molecule has 0 amide bonds. The van der Waals surface area contributed by atoms with Crippen LogP contribution in [0.25, 0.3) is 0 Å². The first-order valence-corrected chi connectivity index (χ1v) is 7.07. The van der Waals surface area contributed by atoms with E-state index in [-0.39, 0.29) is 0 Å². The quantitative estimate of drug-likeness (QED) is 0.850. The van der Waals surface area contributed by atoms with E-state index in [1.807, 2.05) is 6.07 Å². The minimum Gasteiger partial charge on any atom is -0.493 e. The molecule has 0 saturated heterocycles. The second-order valence-electron chi connectivity index (χ2n) is 4.96. The maximum atomic E-state index is 5.39. The molecule has 1 N–H and O–H groups in total. The van der Waals surface area contributed by atoms with Crippen LogP contribution in [0.2, 0.25) is 0 Å². The highest BCUT2D eigenvalue weighted by Crippen LogP contribution is 2.28. The Labute approximate surface area is 126 Å². The Morgan fingerprint density at radius 3 is 2.52 bits per heavy atom. The monoisotopic (exact) mass is 286 g/mol. The summed E-state index contributed by atoms with van der Waals surface area (Å²) in [6.45, 7) is 2.81. The standard InChI is InChI=1S/C17H22N2O2/c1-13(11-14-7-5-4-6-8-14)19-12-15-17(21-3)16(20-2)9-10-18-15/h4-10,13,19H,11-12H2,1-3H3. The van der Waals surface area contributed by atoms with E-state index in [1.54, 1.807) is 26.5 Å². The molecule has 1 heterocycles. The molecule has 2 aromatic rings. The van der Waals surface area contributed by atoms with Crippen molar-refractivity contribution >= 4 is 0 Å². The van der Waals surface area contributed by atoms with Gasteiger partial charge in [0.15, 0.2) is 11.5 Å². The Morgan fingerprint density at radius 2 is 1.86 bits per heavy atom. The van der Waals surface area contributed by atoms with Gasteiger partial charge in [-0.1, -0.05) is 30.3 Å². The SMILES string of the molecule is COc1ccnc(CNC(C)Cc2ccccc2)c1OC. The van der Waals surface area contributed by atoms with Crippen LogP contribution in [-0.4, -0.2) is 25.2 Å². The number of nitrogens with zero attached hydrogens (tertiary/aromatic N) is 1. The van der Waals surface area contributed by atoms with Gasteiger partial charge >= 0.3 is 0 Å². The summed E-state index contributed by atoms with van der Waals surface area (Å²) in [4.78, 5) is 4.37. The largest absolute Gasteiger partial charge is 0.493 e. The fraction of sp³-hybridized carbons (Fsp3) is 0.353. The number of hydrogen-bond donors (Lipinski definition) is 1. The third-order valence-corrected chi connectivity index (χ3v) is 3.37. The van der Waals surface area contributed by atoms with Gasteiger partial charge in [0.1, 0.15) is 0 Å². The number of nitrogens with one attached hydrogen (secondary N) is 1. The van der Waals surface area contributed by atoms with Crippen molar-refractivity contribution in [2.24, 2.45) is 0 Å². The van der Waals surface area contributed by atoms with E-state index < -0.39 is 0 Å². The van der Waals surface area contributed by atoms with Crippen molar-refractivity contribution in [1.29, 1.82) is 0 Å². The number of methoxy groups -OCH3 is 2. The Bertz CT molecular complexity index is 558. The fourth-order valence-corrected chi connectivity index (χ4v) is 2.29. The van der Waals surface area contributed by atoms with E-state index in [4.69, 9.17) is 9.47 Å². The lowest BCUT2D eigenvalue weighted by atomic mass is 10.1. The summed E-state index contributed by atoms with van der Waals surface area (Å²) >= 11 is 0. The van der Waals surface area contributed by atoms with Crippen molar-refractivity contribution in [3.05, 3.63) is 53.9 Å². The molecule has 1 unspecified atom stereocenters. The van der Waals surface area contributed by atoms with Crippen molar-refractivity contribution in [2.45, 2.75) is 25.9 Å². The van der Waals surface area contributed by atoms with Gasteiger partial charge in [-0.15, -0.1) is 0 Å². The summed E-state index contributed by atoms with van der Waals surface area (Å²) in [5.74, 6) is 1.40. The van der Waals surface area contributed by atoms with Gasteiger partial charge in [0.2, 0.25) is 0 Å². The summed E-state index contributed by atoms with van der Waals surface area (Å²) in [5.41, 5.74) is 2.18. The first kappa shape index (κ1) is 15.3. The van der Waals surface area contributed by atoms with Crippen molar-refractivity contribution in [3.8, 4) is 11.5 Å². The predicted octanol–water partition coefficient (Wildman–Crippen LogP) is 2.82. The molecule has 0 spiro atoms. The van der Waals surface area contributed by atoms with Crippen LogP contribution in [0.15, 0.2) is 42.6 Å². The summed E-state index contributed by atoms with van der Waals surface area (Å²) in [6.07, 6.45) is 2.72. The number of ether oxygens (including phenoxy) is 2. The normalized spacial score (nSPS) is 12.0. The van der Waals surface area contributed by atoms with Crippen LogP contribution in [0.3, 0.4) is 0 Å². The summed E-state index contributed by atoms with van der Waals surface area (Å²) in [5, 5.41) is 3.48. The Kier molecular flexibility index (Phi) is 5.58. The highest BCUT2D eigenvalue weighted by Gasteiger charge is 2.12. The number of aromatic nitrogens is 1. The molecule has 4 heteroatoms. The zero-order chi connectivity index (χ0) is 15.1. The summed E-state index contributed by atoms with van der Waals surface area (Å²) < 4.78 is 10.7. The Morgan fingerprint density at radius 1 is 1.10 bits per heavy atom. The van der Waals surface area contributed by atoms with Gasteiger partial charge in [-0.3, -0.25) is 4.98 Å². The maximum Gasteiger partial charge on any atom is 0.183 e. The topological polar surface area (TPSA) is 43.4 Å². The molecule has 2 rings (SSSR count). The van der Waals surface area contributed by atoms with Crippen molar-refractivity contribution in [3.63, 3.8) is 0 Å². The van der Waals surface area contributed by atoms with Gasteiger partial charge in [0.25, 0.3) is 0 Å².